The first-order valence-electron chi connectivity index (χ1n) is 21.5. The zero-order valence-corrected chi connectivity index (χ0v) is 37.2. The largest absolute Gasteiger partial charge is 0.472 e. The number of nitrogens with zero attached hydrogens (tertiary/aromatic N) is 1. The van der Waals surface area contributed by atoms with Gasteiger partial charge in [-0.2, -0.15) is 0 Å². The highest BCUT2D eigenvalue weighted by Gasteiger charge is 2.27. The summed E-state index contributed by atoms with van der Waals surface area (Å²) in [5.74, 6) is -0.864. The van der Waals surface area contributed by atoms with Crippen molar-refractivity contribution in [1.29, 1.82) is 0 Å². The van der Waals surface area contributed by atoms with Crippen LogP contribution in [0.15, 0.2) is 97.2 Å². The predicted octanol–water partition coefficient (Wildman–Crippen LogP) is 12.2. The van der Waals surface area contributed by atoms with E-state index in [1.807, 2.05) is 39.4 Å². The van der Waals surface area contributed by atoms with Crippen LogP contribution in [0.3, 0.4) is 0 Å². The highest BCUT2D eigenvalue weighted by molar-refractivity contribution is 7.47. The molecular formula is C47H79NO8P+. The van der Waals surface area contributed by atoms with Crippen molar-refractivity contribution in [3.8, 4) is 0 Å². The van der Waals surface area contributed by atoms with Crippen molar-refractivity contribution in [3.05, 3.63) is 97.2 Å². The van der Waals surface area contributed by atoms with Crippen molar-refractivity contribution in [2.75, 3.05) is 47.5 Å². The van der Waals surface area contributed by atoms with E-state index >= 15 is 0 Å². The van der Waals surface area contributed by atoms with Gasteiger partial charge in [0, 0.05) is 12.8 Å². The average Bonchev–Trinajstić information content (AvgIpc) is 3.16. The Kier molecular flexibility index (Phi) is 36.4. The first-order valence-corrected chi connectivity index (χ1v) is 23.0. The Morgan fingerprint density at radius 1 is 0.561 bits per heavy atom. The summed E-state index contributed by atoms with van der Waals surface area (Å²) in [4.78, 5) is 35.3. The Morgan fingerprint density at radius 2 is 1.04 bits per heavy atom. The van der Waals surface area contributed by atoms with Gasteiger partial charge in [0.05, 0.1) is 27.7 Å². The fraction of sp³-hybridized carbons (Fsp3) is 0.617. The maximum absolute atomic E-state index is 12.7. The molecule has 324 valence electrons. The molecule has 0 aliphatic heterocycles. The van der Waals surface area contributed by atoms with Gasteiger partial charge in [0.15, 0.2) is 6.10 Å². The topological polar surface area (TPSA) is 108 Å². The first kappa shape index (κ1) is 53.9. The third kappa shape index (κ3) is 42.4. The summed E-state index contributed by atoms with van der Waals surface area (Å²) < 4.78 is 34.2. The van der Waals surface area contributed by atoms with Crippen molar-refractivity contribution in [1.82, 2.24) is 0 Å². The number of carbonyl (C=O) groups is 2. The van der Waals surface area contributed by atoms with Crippen molar-refractivity contribution in [2.24, 2.45) is 0 Å². The second-order valence-corrected chi connectivity index (χ2v) is 16.5. The van der Waals surface area contributed by atoms with Gasteiger partial charge in [-0.15, -0.1) is 0 Å². The number of carbonyl (C=O) groups excluding carboxylic acids is 2. The summed E-state index contributed by atoms with van der Waals surface area (Å²) in [6, 6.07) is 0. The molecule has 0 aliphatic carbocycles. The van der Waals surface area contributed by atoms with E-state index in [4.69, 9.17) is 18.5 Å². The molecule has 0 saturated heterocycles. The van der Waals surface area contributed by atoms with E-state index in [1.54, 1.807) is 0 Å². The Labute approximate surface area is 347 Å². The van der Waals surface area contributed by atoms with Crippen LogP contribution in [0, 0.1) is 0 Å². The average molecular weight is 817 g/mol. The van der Waals surface area contributed by atoms with Gasteiger partial charge in [0.25, 0.3) is 0 Å². The second kappa shape index (κ2) is 38.4. The Bertz CT molecular complexity index is 1290. The Balaban J connectivity index is 4.44. The Morgan fingerprint density at radius 3 is 1.60 bits per heavy atom. The van der Waals surface area contributed by atoms with Crippen LogP contribution in [0.1, 0.15) is 136 Å². The van der Waals surface area contributed by atoms with Crippen molar-refractivity contribution >= 4 is 19.8 Å². The maximum atomic E-state index is 12.7. The molecule has 0 aromatic rings. The molecule has 10 heteroatoms. The van der Waals surface area contributed by atoms with Gasteiger partial charge in [-0.3, -0.25) is 18.6 Å². The fourth-order valence-corrected chi connectivity index (χ4v) is 5.84. The summed E-state index contributed by atoms with van der Waals surface area (Å²) in [5, 5.41) is 0. The lowest BCUT2D eigenvalue weighted by atomic mass is 10.1. The SMILES string of the molecule is CC/C=C/C=C/C=C/CCCCCCCC(=O)OC(COC(=O)CCCCCC/C=C/C/C=C/C/C=C/C/C=C/C/C=C/CC)COP(=O)(O)OCC[N+](C)(C)C. The minimum atomic E-state index is -4.39. The van der Waals surface area contributed by atoms with Crippen molar-refractivity contribution in [2.45, 2.75) is 142 Å². The number of allylic oxidation sites excluding steroid dienone is 16. The lowest BCUT2D eigenvalue weighted by Gasteiger charge is -2.24. The van der Waals surface area contributed by atoms with E-state index in [-0.39, 0.29) is 26.1 Å². The molecule has 0 fully saturated rings. The monoisotopic (exact) mass is 817 g/mol. The molecule has 9 nitrogen and oxygen atoms in total. The molecule has 1 N–H and O–H groups in total. The van der Waals surface area contributed by atoms with Crippen LogP contribution in [-0.4, -0.2) is 74.9 Å². The molecule has 0 bridgehead atoms. The van der Waals surface area contributed by atoms with Gasteiger partial charge in [0.2, 0.25) is 0 Å². The van der Waals surface area contributed by atoms with E-state index in [2.05, 4.69) is 92.8 Å². The number of phosphoric ester groups is 1. The molecule has 0 radical (unpaired) electrons. The Hall–Kier alpha value is -3.07. The molecule has 0 saturated carbocycles. The second-order valence-electron chi connectivity index (χ2n) is 15.0. The van der Waals surface area contributed by atoms with Crippen LogP contribution in [0.4, 0.5) is 0 Å². The summed E-state index contributed by atoms with van der Waals surface area (Å²) in [6.45, 7) is 4.08. The summed E-state index contributed by atoms with van der Waals surface area (Å²) in [7, 11) is 1.42. The number of phosphoric acid groups is 1. The van der Waals surface area contributed by atoms with Crippen LogP contribution in [-0.2, 0) is 32.7 Å². The lowest BCUT2D eigenvalue weighted by molar-refractivity contribution is -0.870. The summed E-state index contributed by atoms with van der Waals surface area (Å²) in [5.41, 5.74) is 0. The van der Waals surface area contributed by atoms with Gasteiger partial charge in [-0.25, -0.2) is 4.57 Å². The molecule has 0 aliphatic rings. The molecule has 0 heterocycles. The van der Waals surface area contributed by atoms with Crippen LogP contribution in [0.2, 0.25) is 0 Å². The van der Waals surface area contributed by atoms with E-state index in [9.17, 15) is 19.0 Å². The van der Waals surface area contributed by atoms with Gasteiger partial charge in [-0.1, -0.05) is 143 Å². The maximum Gasteiger partial charge on any atom is 0.472 e. The molecular weight excluding hydrogens is 737 g/mol. The zero-order chi connectivity index (χ0) is 42.1. The predicted molar refractivity (Wildman–Crippen MR) is 238 cm³/mol. The van der Waals surface area contributed by atoms with E-state index in [1.165, 1.54) is 0 Å². The molecule has 0 rings (SSSR count). The van der Waals surface area contributed by atoms with Crippen LogP contribution in [0.25, 0.3) is 0 Å². The smallest absolute Gasteiger partial charge is 0.462 e. The number of esters is 2. The third-order valence-electron chi connectivity index (χ3n) is 8.42. The number of rotatable bonds is 37. The number of likely N-dealkylation sites (N-methyl/N-ethyl adjacent to an activating group) is 1. The van der Waals surface area contributed by atoms with Gasteiger partial charge in [-0.05, 0) is 77.0 Å². The number of unbranched alkanes of at least 4 members (excludes halogenated alkanes) is 9. The third-order valence-corrected chi connectivity index (χ3v) is 9.40. The van der Waals surface area contributed by atoms with Crippen LogP contribution < -0.4 is 0 Å². The first-order chi connectivity index (χ1) is 27.5. The van der Waals surface area contributed by atoms with Crippen LogP contribution in [0.5, 0.6) is 0 Å². The van der Waals surface area contributed by atoms with Gasteiger partial charge in [0.1, 0.15) is 19.8 Å². The minimum absolute atomic E-state index is 0.0169. The van der Waals surface area contributed by atoms with Gasteiger partial charge >= 0.3 is 19.8 Å². The molecule has 0 aromatic carbocycles. The summed E-state index contributed by atoms with van der Waals surface area (Å²) in [6.07, 6.45) is 50.3. The van der Waals surface area contributed by atoms with E-state index in [0.29, 0.717) is 23.9 Å². The number of ether oxygens (including phenoxy) is 2. The zero-order valence-electron chi connectivity index (χ0n) is 36.3. The molecule has 57 heavy (non-hydrogen) atoms. The number of quaternary nitrogens is 1. The highest BCUT2D eigenvalue weighted by Crippen LogP contribution is 2.43. The summed E-state index contributed by atoms with van der Waals surface area (Å²) >= 11 is 0. The van der Waals surface area contributed by atoms with Crippen LogP contribution >= 0.6 is 7.82 Å². The fourth-order valence-electron chi connectivity index (χ4n) is 5.10. The van der Waals surface area contributed by atoms with E-state index < -0.39 is 32.5 Å². The standard InChI is InChI=1S/C47H78NO8P/c1-6-8-10-12-14-16-18-20-21-22-23-24-25-26-28-29-31-33-35-37-39-46(49)53-43-45(44-55-57(51,52)54-42-41-48(3,4)5)56-47(50)40-38-36-34-32-30-27-19-17-15-13-11-9-7-2/h8-11,13-17,19-21,23-24,26,28,45H,6-7,12,18,22,25,27,29-44H2,1-5H3/p+1/b10-8+,11-9+,15-13+,16-14+,19-17+,21-20+,24-23+,28-26+. The molecule has 0 amide bonds. The highest BCUT2D eigenvalue weighted by atomic mass is 31.2. The number of hydrogen-bond acceptors (Lipinski definition) is 7. The normalized spacial score (nSPS) is 14.6. The van der Waals surface area contributed by atoms with Crippen molar-refractivity contribution < 1.29 is 42.1 Å². The number of hydrogen-bond donors (Lipinski definition) is 1. The van der Waals surface area contributed by atoms with E-state index in [0.717, 1.165) is 96.3 Å². The van der Waals surface area contributed by atoms with Gasteiger partial charge < -0.3 is 18.9 Å². The molecule has 2 atom stereocenters. The molecule has 0 spiro atoms. The molecule has 2 unspecified atom stereocenters. The van der Waals surface area contributed by atoms with Crippen molar-refractivity contribution in [3.63, 3.8) is 0 Å². The quantitative estimate of drug-likeness (QED) is 0.0165. The minimum Gasteiger partial charge on any atom is -0.462 e. The lowest BCUT2D eigenvalue weighted by Crippen LogP contribution is -2.37. The molecule has 0 aromatic heterocycles.